The molecule has 0 bridgehead atoms. The van der Waals surface area contributed by atoms with Crippen LogP contribution in [0.2, 0.25) is 0 Å². The Balaban J connectivity index is 1.84. The first-order valence-corrected chi connectivity index (χ1v) is 5.69. The molecular formula is C11H22N2. The Morgan fingerprint density at radius 1 is 1.31 bits per heavy atom. The van der Waals surface area contributed by atoms with Crippen LogP contribution in [0.15, 0.2) is 0 Å². The van der Waals surface area contributed by atoms with Gasteiger partial charge in [0.05, 0.1) is 0 Å². The van der Waals surface area contributed by atoms with Crippen molar-refractivity contribution in [3.8, 4) is 0 Å². The number of nitrogens with one attached hydrogen (secondary N) is 1. The maximum atomic E-state index is 3.50. The summed E-state index contributed by atoms with van der Waals surface area (Å²) in [6.45, 7) is 11.2. The molecule has 2 rings (SSSR count). The van der Waals surface area contributed by atoms with Crippen molar-refractivity contribution in [2.75, 3.05) is 32.7 Å². The van der Waals surface area contributed by atoms with Gasteiger partial charge in [-0.2, -0.15) is 0 Å². The zero-order valence-corrected chi connectivity index (χ0v) is 8.92. The number of hydrogen-bond donors (Lipinski definition) is 1. The second kappa shape index (κ2) is 3.97. The first kappa shape index (κ1) is 9.47. The van der Waals surface area contributed by atoms with Crippen molar-refractivity contribution in [1.29, 1.82) is 0 Å². The first-order chi connectivity index (χ1) is 6.25. The topological polar surface area (TPSA) is 15.3 Å². The number of fused-ring (bicyclic) bond motifs is 1. The fourth-order valence-corrected chi connectivity index (χ4v) is 2.83. The van der Waals surface area contributed by atoms with Crippen LogP contribution in [0.1, 0.15) is 20.3 Å². The second-order valence-electron chi connectivity index (χ2n) is 5.13. The number of likely N-dealkylation sites (tertiary alicyclic amines) is 1. The van der Waals surface area contributed by atoms with Gasteiger partial charge in [0.15, 0.2) is 0 Å². The maximum absolute atomic E-state index is 3.50. The van der Waals surface area contributed by atoms with Gasteiger partial charge in [0.2, 0.25) is 0 Å². The molecule has 2 unspecified atom stereocenters. The molecule has 0 aromatic carbocycles. The van der Waals surface area contributed by atoms with Gasteiger partial charge in [-0.1, -0.05) is 13.8 Å². The zero-order chi connectivity index (χ0) is 9.26. The molecule has 2 heteroatoms. The van der Waals surface area contributed by atoms with Crippen molar-refractivity contribution in [1.82, 2.24) is 10.2 Å². The zero-order valence-electron chi connectivity index (χ0n) is 8.92. The summed E-state index contributed by atoms with van der Waals surface area (Å²) in [6, 6.07) is 0. The van der Waals surface area contributed by atoms with Crippen LogP contribution in [0, 0.1) is 17.8 Å². The molecule has 2 aliphatic heterocycles. The van der Waals surface area contributed by atoms with Crippen LogP contribution < -0.4 is 5.32 Å². The fourth-order valence-electron chi connectivity index (χ4n) is 2.83. The number of hydrogen-bond acceptors (Lipinski definition) is 2. The molecule has 1 N–H and O–H groups in total. The van der Waals surface area contributed by atoms with Crippen molar-refractivity contribution < 1.29 is 0 Å². The predicted molar refractivity (Wildman–Crippen MR) is 55.7 cm³/mol. The highest BCUT2D eigenvalue weighted by Crippen LogP contribution is 2.28. The van der Waals surface area contributed by atoms with Crippen LogP contribution in [-0.2, 0) is 0 Å². The SMILES string of the molecule is CC(C)CN1CC2CCNCC2C1. The average molecular weight is 182 g/mol. The van der Waals surface area contributed by atoms with Crippen molar-refractivity contribution in [2.24, 2.45) is 17.8 Å². The van der Waals surface area contributed by atoms with Crippen LogP contribution >= 0.6 is 0 Å². The summed E-state index contributed by atoms with van der Waals surface area (Å²) in [5.41, 5.74) is 0. The molecule has 2 saturated heterocycles. The van der Waals surface area contributed by atoms with E-state index in [0.29, 0.717) is 0 Å². The Bertz CT molecular complexity index is 153. The molecule has 0 radical (unpaired) electrons. The van der Waals surface area contributed by atoms with Crippen molar-refractivity contribution in [2.45, 2.75) is 20.3 Å². The molecule has 0 aliphatic carbocycles. The molecular weight excluding hydrogens is 160 g/mol. The molecule has 0 aromatic rings. The van der Waals surface area contributed by atoms with Gasteiger partial charge in [-0.05, 0) is 37.3 Å². The molecule has 0 spiro atoms. The van der Waals surface area contributed by atoms with E-state index in [0.717, 1.165) is 17.8 Å². The van der Waals surface area contributed by atoms with Gasteiger partial charge in [0.25, 0.3) is 0 Å². The molecule has 0 aromatic heterocycles. The molecule has 2 nitrogen and oxygen atoms in total. The van der Waals surface area contributed by atoms with E-state index in [2.05, 4.69) is 24.1 Å². The minimum absolute atomic E-state index is 0.827. The summed E-state index contributed by atoms with van der Waals surface area (Å²) in [5.74, 6) is 2.78. The summed E-state index contributed by atoms with van der Waals surface area (Å²) >= 11 is 0. The van der Waals surface area contributed by atoms with E-state index in [-0.39, 0.29) is 0 Å². The predicted octanol–water partition coefficient (Wildman–Crippen LogP) is 1.18. The molecule has 0 saturated carbocycles. The smallest absolute Gasteiger partial charge is 0.00252 e. The highest BCUT2D eigenvalue weighted by atomic mass is 15.2. The fraction of sp³-hybridized carbons (Fsp3) is 1.00. The summed E-state index contributed by atoms with van der Waals surface area (Å²) < 4.78 is 0. The summed E-state index contributed by atoms with van der Waals surface area (Å²) in [4.78, 5) is 2.66. The third-order valence-corrected chi connectivity index (χ3v) is 3.37. The van der Waals surface area contributed by atoms with Crippen molar-refractivity contribution >= 4 is 0 Å². The molecule has 2 heterocycles. The second-order valence-corrected chi connectivity index (χ2v) is 5.13. The Hall–Kier alpha value is -0.0800. The van der Waals surface area contributed by atoms with E-state index in [1.807, 2.05) is 0 Å². The summed E-state index contributed by atoms with van der Waals surface area (Å²) in [6.07, 6.45) is 1.40. The minimum Gasteiger partial charge on any atom is -0.316 e. The molecule has 2 aliphatic rings. The minimum atomic E-state index is 0.827. The normalized spacial score (nSPS) is 35.3. The highest BCUT2D eigenvalue weighted by Gasteiger charge is 2.33. The first-order valence-electron chi connectivity index (χ1n) is 5.69. The van der Waals surface area contributed by atoms with E-state index in [1.54, 1.807) is 0 Å². The quantitative estimate of drug-likeness (QED) is 0.690. The summed E-state index contributed by atoms with van der Waals surface area (Å²) in [7, 11) is 0. The van der Waals surface area contributed by atoms with Crippen LogP contribution in [0.5, 0.6) is 0 Å². The number of piperidine rings is 1. The van der Waals surface area contributed by atoms with Crippen LogP contribution in [0.4, 0.5) is 0 Å². The van der Waals surface area contributed by atoms with Gasteiger partial charge in [-0.15, -0.1) is 0 Å². The largest absolute Gasteiger partial charge is 0.316 e. The maximum Gasteiger partial charge on any atom is 0.00252 e. The van der Waals surface area contributed by atoms with E-state index >= 15 is 0 Å². The lowest BCUT2D eigenvalue weighted by molar-refractivity contribution is 0.285. The van der Waals surface area contributed by atoms with Crippen LogP contribution in [0.25, 0.3) is 0 Å². The third kappa shape index (κ3) is 2.23. The standard InChI is InChI=1S/C11H22N2/c1-9(2)6-13-7-10-3-4-12-5-11(10)8-13/h9-12H,3-8H2,1-2H3. The van der Waals surface area contributed by atoms with Gasteiger partial charge in [-0.3, -0.25) is 0 Å². The van der Waals surface area contributed by atoms with Gasteiger partial charge in [0, 0.05) is 19.6 Å². The van der Waals surface area contributed by atoms with Gasteiger partial charge in [-0.25, -0.2) is 0 Å². The van der Waals surface area contributed by atoms with E-state index in [9.17, 15) is 0 Å². The van der Waals surface area contributed by atoms with Gasteiger partial charge in [0.1, 0.15) is 0 Å². The van der Waals surface area contributed by atoms with Crippen LogP contribution in [0.3, 0.4) is 0 Å². The number of rotatable bonds is 2. The van der Waals surface area contributed by atoms with E-state index in [1.165, 1.54) is 39.1 Å². The lowest BCUT2D eigenvalue weighted by Crippen LogP contribution is -2.35. The third-order valence-electron chi connectivity index (χ3n) is 3.37. The van der Waals surface area contributed by atoms with E-state index < -0.39 is 0 Å². The molecule has 13 heavy (non-hydrogen) atoms. The van der Waals surface area contributed by atoms with Crippen molar-refractivity contribution in [3.63, 3.8) is 0 Å². The lowest BCUT2D eigenvalue weighted by Gasteiger charge is -2.24. The van der Waals surface area contributed by atoms with Gasteiger partial charge < -0.3 is 10.2 Å². The monoisotopic (exact) mass is 182 g/mol. The Morgan fingerprint density at radius 3 is 2.77 bits per heavy atom. The van der Waals surface area contributed by atoms with Crippen molar-refractivity contribution in [3.05, 3.63) is 0 Å². The molecule has 76 valence electrons. The Labute approximate surface area is 81.7 Å². The summed E-state index contributed by atoms with van der Waals surface area (Å²) in [5, 5.41) is 3.50. The molecule has 2 fully saturated rings. The van der Waals surface area contributed by atoms with Gasteiger partial charge >= 0.3 is 0 Å². The molecule has 0 amide bonds. The highest BCUT2D eigenvalue weighted by molar-refractivity contribution is 4.88. The average Bonchev–Trinajstić information content (AvgIpc) is 2.44. The van der Waals surface area contributed by atoms with Crippen LogP contribution in [-0.4, -0.2) is 37.6 Å². The Kier molecular flexibility index (Phi) is 2.89. The Morgan fingerprint density at radius 2 is 2.08 bits per heavy atom. The van der Waals surface area contributed by atoms with E-state index in [4.69, 9.17) is 0 Å². The lowest BCUT2D eigenvalue weighted by atomic mass is 9.90. The number of nitrogens with zero attached hydrogens (tertiary/aromatic N) is 1. The molecule has 2 atom stereocenters.